The first-order valence-electron chi connectivity index (χ1n) is 7.12. The second-order valence-electron chi connectivity index (χ2n) is 5.68. The molecule has 3 heteroatoms. The lowest BCUT2D eigenvalue weighted by Gasteiger charge is -2.06. The Bertz CT molecular complexity index is 952. The fourth-order valence-corrected chi connectivity index (χ4v) is 4.26. The van der Waals surface area contributed by atoms with Crippen LogP contribution < -0.4 is 4.57 Å². The van der Waals surface area contributed by atoms with E-state index < -0.39 is 0 Å². The maximum absolute atomic E-state index is 2.28. The molecule has 0 saturated carbocycles. The first-order chi connectivity index (χ1) is 10.1. The van der Waals surface area contributed by atoms with E-state index in [9.17, 15) is 0 Å². The number of benzene rings is 2. The highest BCUT2D eigenvalue weighted by molar-refractivity contribution is 7.23. The Labute approximate surface area is 127 Å². The molecule has 104 valence electrons. The first-order valence-corrected chi connectivity index (χ1v) is 7.94. The molecule has 0 aliphatic carbocycles. The van der Waals surface area contributed by atoms with E-state index in [4.69, 9.17) is 0 Å². The van der Waals surface area contributed by atoms with Crippen molar-refractivity contribution in [3.63, 3.8) is 0 Å². The fraction of sp³-hybridized carbons (Fsp3) is 0.167. The van der Waals surface area contributed by atoms with Crippen LogP contribution in [-0.4, -0.2) is 4.40 Å². The number of imidazole rings is 1. The third-order valence-electron chi connectivity index (χ3n) is 3.96. The van der Waals surface area contributed by atoms with E-state index in [0.29, 0.717) is 0 Å². The van der Waals surface area contributed by atoms with Gasteiger partial charge in [0.25, 0.3) is 6.33 Å². The second-order valence-corrected chi connectivity index (χ2v) is 6.74. The summed E-state index contributed by atoms with van der Waals surface area (Å²) in [7, 11) is 0. The molecule has 0 aliphatic rings. The van der Waals surface area contributed by atoms with Crippen LogP contribution in [0.15, 0.2) is 48.9 Å². The molecule has 2 nitrogen and oxygen atoms in total. The van der Waals surface area contributed by atoms with Crippen molar-refractivity contribution in [2.75, 3.05) is 0 Å². The molecule has 0 amide bonds. The third-order valence-corrected chi connectivity index (χ3v) is 5.04. The number of aryl methyl sites for hydroxylation is 3. The normalized spacial score (nSPS) is 11.6. The lowest BCUT2D eigenvalue weighted by molar-refractivity contribution is -0.594. The molecule has 0 N–H and O–H groups in total. The Morgan fingerprint density at radius 1 is 1.00 bits per heavy atom. The standard InChI is InChI=1S/C18H17N2S/c1-12-8-13(2)18(14(3)9-12)19-10-17-20(11-19)15-6-4-5-7-16(15)21-17/h4-11H,1-3H3/q+1. The van der Waals surface area contributed by atoms with Crippen molar-refractivity contribution in [3.05, 3.63) is 65.6 Å². The van der Waals surface area contributed by atoms with Gasteiger partial charge < -0.3 is 0 Å². The lowest BCUT2D eigenvalue weighted by atomic mass is 10.1. The molecular formula is C18H17N2S+. The Kier molecular flexibility index (Phi) is 2.66. The zero-order chi connectivity index (χ0) is 14.6. The predicted molar refractivity (Wildman–Crippen MR) is 88.5 cm³/mol. The lowest BCUT2D eigenvalue weighted by Crippen LogP contribution is -2.29. The minimum atomic E-state index is 1.27. The highest BCUT2D eigenvalue weighted by Gasteiger charge is 2.17. The van der Waals surface area contributed by atoms with E-state index >= 15 is 0 Å². The Hall–Kier alpha value is -2.13. The summed E-state index contributed by atoms with van der Waals surface area (Å²) in [5.41, 5.74) is 6.53. The van der Waals surface area contributed by atoms with E-state index in [2.05, 4.69) is 78.7 Å². The second kappa shape index (κ2) is 4.43. The zero-order valence-corrected chi connectivity index (χ0v) is 13.2. The van der Waals surface area contributed by atoms with Gasteiger partial charge in [0.1, 0.15) is 5.69 Å². The molecule has 0 radical (unpaired) electrons. The van der Waals surface area contributed by atoms with Crippen LogP contribution in [0.2, 0.25) is 0 Å². The van der Waals surface area contributed by atoms with Crippen LogP contribution in [0.25, 0.3) is 20.7 Å². The smallest absolute Gasteiger partial charge is 0.200 e. The number of para-hydroxylation sites is 1. The SMILES string of the molecule is Cc1cc(C)c(-[n+]2cc3sc4ccccc4n3c2)c(C)c1. The Morgan fingerprint density at radius 2 is 1.71 bits per heavy atom. The quantitative estimate of drug-likeness (QED) is 0.461. The number of thiazole rings is 1. The summed E-state index contributed by atoms with van der Waals surface area (Å²) in [5, 5.41) is 0. The summed E-state index contributed by atoms with van der Waals surface area (Å²) in [6.45, 7) is 6.53. The highest BCUT2D eigenvalue weighted by atomic mass is 32.1. The minimum absolute atomic E-state index is 1.27. The van der Waals surface area contributed by atoms with Gasteiger partial charge in [0.15, 0.2) is 11.7 Å². The van der Waals surface area contributed by atoms with Crippen LogP contribution >= 0.6 is 11.3 Å². The largest absolute Gasteiger partial charge is 0.255 e. The number of rotatable bonds is 1. The Morgan fingerprint density at radius 3 is 2.48 bits per heavy atom. The predicted octanol–water partition coefficient (Wildman–Crippen LogP) is 4.36. The van der Waals surface area contributed by atoms with Crippen molar-refractivity contribution in [1.82, 2.24) is 4.40 Å². The molecule has 4 rings (SSSR count). The van der Waals surface area contributed by atoms with Crippen LogP contribution in [0.4, 0.5) is 0 Å². The average molecular weight is 293 g/mol. The molecule has 2 heterocycles. The van der Waals surface area contributed by atoms with Crippen LogP contribution in [0.5, 0.6) is 0 Å². The van der Waals surface area contributed by atoms with Crippen molar-refractivity contribution in [1.29, 1.82) is 0 Å². The molecule has 0 saturated heterocycles. The van der Waals surface area contributed by atoms with Gasteiger partial charge in [-0.05, 0) is 44.0 Å². The molecule has 0 fully saturated rings. The fourth-order valence-electron chi connectivity index (χ4n) is 3.21. The minimum Gasteiger partial charge on any atom is -0.200 e. The third kappa shape index (κ3) is 1.88. The highest BCUT2D eigenvalue weighted by Crippen LogP contribution is 2.26. The summed E-state index contributed by atoms with van der Waals surface area (Å²) in [6.07, 6.45) is 4.42. The summed E-state index contributed by atoms with van der Waals surface area (Å²) in [6, 6.07) is 13.1. The maximum atomic E-state index is 2.28. The van der Waals surface area contributed by atoms with Gasteiger partial charge in [0.05, 0.1) is 4.70 Å². The molecule has 0 spiro atoms. The van der Waals surface area contributed by atoms with Gasteiger partial charge in [0, 0.05) is 0 Å². The van der Waals surface area contributed by atoms with Gasteiger partial charge in [0.2, 0.25) is 4.83 Å². The van der Waals surface area contributed by atoms with Gasteiger partial charge in [-0.15, -0.1) is 0 Å². The van der Waals surface area contributed by atoms with Crippen LogP contribution in [0.1, 0.15) is 16.7 Å². The number of fused-ring (bicyclic) bond motifs is 3. The van der Waals surface area contributed by atoms with E-state index in [1.165, 1.54) is 37.4 Å². The first kappa shape index (κ1) is 12.6. The molecule has 21 heavy (non-hydrogen) atoms. The van der Waals surface area contributed by atoms with Gasteiger partial charge in [-0.1, -0.05) is 41.2 Å². The van der Waals surface area contributed by atoms with Crippen LogP contribution in [-0.2, 0) is 0 Å². The zero-order valence-electron chi connectivity index (χ0n) is 12.4. The number of hydrogen-bond donors (Lipinski definition) is 0. The van der Waals surface area contributed by atoms with Gasteiger partial charge >= 0.3 is 0 Å². The van der Waals surface area contributed by atoms with Crippen molar-refractivity contribution in [2.45, 2.75) is 20.8 Å². The molecule has 0 atom stereocenters. The molecule has 0 unspecified atom stereocenters. The molecule has 2 aromatic heterocycles. The number of nitrogens with zero attached hydrogens (tertiary/aromatic N) is 2. The number of aromatic nitrogens is 2. The summed E-state index contributed by atoms with van der Waals surface area (Å²) in [4.78, 5) is 1.27. The maximum Gasteiger partial charge on any atom is 0.255 e. The topological polar surface area (TPSA) is 8.29 Å². The monoisotopic (exact) mass is 293 g/mol. The summed E-state index contributed by atoms with van der Waals surface area (Å²) in [5.74, 6) is 0. The Balaban J connectivity index is 2.00. The van der Waals surface area contributed by atoms with E-state index in [0.717, 1.165) is 0 Å². The summed E-state index contributed by atoms with van der Waals surface area (Å²) >= 11 is 1.83. The average Bonchev–Trinajstić information content (AvgIpc) is 2.94. The van der Waals surface area contributed by atoms with Crippen molar-refractivity contribution in [2.24, 2.45) is 0 Å². The molecule has 4 aromatic rings. The van der Waals surface area contributed by atoms with E-state index in [1.54, 1.807) is 0 Å². The van der Waals surface area contributed by atoms with Crippen LogP contribution in [0, 0.1) is 20.8 Å². The molecule has 0 aliphatic heterocycles. The van der Waals surface area contributed by atoms with E-state index in [-0.39, 0.29) is 0 Å². The summed E-state index contributed by atoms with van der Waals surface area (Å²) < 4.78 is 5.86. The van der Waals surface area contributed by atoms with Gasteiger partial charge in [-0.3, -0.25) is 0 Å². The van der Waals surface area contributed by atoms with Crippen molar-refractivity contribution in [3.8, 4) is 5.69 Å². The van der Waals surface area contributed by atoms with E-state index in [1.807, 2.05) is 11.3 Å². The molecule has 2 aromatic carbocycles. The van der Waals surface area contributed by atoms with Gasteiger partial charge in [-0.2, -0.15) is 8.97 Å². The van der Waals surface area contributed by atoms with Crippen molar-refractivity contribution >= 4 is 26.4 Å². The molecule has 0 bridgehead atoms. The van der Waals surface area contributed by atoms with Crippen molar-refractivity contribution < 1.29 is 4.57 Å². The molecular weight excluding hydrogens is 276 g/mol. The number of hydrogen-bond acceptors (Lipinski definition) is 1. The van der Waals surface area contributed by atoms with Gasteiger partial charge in [-0.25, -0.2) is 0 Å². The van der Waals surface area contributed by atoms with Crippen LogP contribution in [0.3, 0.4) is 0 Å².